The molecule has 0 aliphatic heterocycles. The van der Waals surface area contributed by atoms with Gasteiger partial charge in [0.15, 0.2) is 5.96 Å². The Hall–Kier alpha value is -1.78. The SMILES string of the molecule is CCCCCNC(=NC)NCc1cccnc1OCC. The van der Waals surface area contributed by atoms with Crippen molar-refractivity contribution >= 4 is 5.96 Å². The van der Waals surface area contributed by atoms with E-state index in [9.17, 15) is 0 Å². The fourth-order valence-electron chi connectivity index (χ4n) is 1.81. The summed E-state index contributed by atoms with van der Waals surface area (Å²) in [5.74, 6) is 1.50. The van der Waals surface area contributed by atoms with Gasteiger partial charge in [-0.15, -0.1) is 0 Å². The number of hydrogen-bond acceptors (Lipinski definition) is 3. The Labute approximate surface area is 121 Å². The van der Waals surface area contributed by atoms with Crippen molar-refractivity contribution < 1.29 is 4.74 Å². The number of unbranched alkanes of at least 4 members (excludes halogenated alkanes) is 2. The number of nitrogens with zero attached hydrogens (tertiary/aromatic N) is 2. The predicted molar refractivity (Wildman–Crippen MR) is 83.1 cm³/mol. The minimum absolute atomic E-state index is 0.619. The Kier molecular flexibility index (Phi) is 8.19. The normalized spacial score (nSPS) is 11.2. The zero-order valence-corrected chi connectivity index (χ0v) is 12.8. The van der Waals surface area contributed by atoms with E-state index in [0.29, 0.717) is 19.0 Å². The maximum atomic E-state index is 5.50. The minimum atomic E-state index is 0.619. The third kappa shape index (κ3) is 5.91. The molecule has 0 bridgehead atoms. The Morgan fingerprint density at radius 3 is 2.85 bits per heavy atom. The molecule has 5 heteroatoms. The molecule has 1 aromatic heterocycles. The Morgan fingerprint density at radius 1 is 1.30 bits per heavy atom. The highest BCUT2D eigenvalue weighted by atomic mass is 16.5. The van der Waals surface area contributed by atoms with Crippen LogP contribution in [0.1, 0.15) is 38.7 Å². The van der Waals surface area contributed by atoms with E-state index in [1.807, 2.05) is 19.1 Å². The molecule has 1 rings (SSSR count). The molecule has 20 heavy (non-hydrogen) atoms. The smallest absolute Gasteiger partial charge is 0.218 e. The summed E-state index contributed by atoms with van der Waals surface area (Å²) in [5, 5.41) is 6.58. The maximum absolute atomic E-state index is 5.50. The van der Waals surface area contributed by atoms with Crippen molar-refractivity contribution in [2.24, 2.45) is 4.99 Å². The molecule has 0 saturated carbocycles. The lowest BCUT2D eigenvalue weighted by Gasteiger charge is -2.13. The van der Waals surface area contributed by atoms with E-state index in [4.69, 9.17) is 4.74 Å². The molecule has 2 N–H and O–H groups in total. The van der Waals surface area contributed by atoms with Gasteiger partial charge in [-0.05, 0) is 19.4 Å². The van der Waals surface area contributed by atoms with Gasteiger partial charge in [-0.2, -0.15) is 0 Å². The fraction of sp³-hybridized carbons (Fsp3) is 0.600. The molecule has 0 radical (unpaired) electrons. The van der Waals surface area contributed by atoms with E-state index in [2.05, 4.69) is 27.5 Å². The van der Waals surface area contributed by atoms with Gasteiger partial charge in [-0.3, -0.25) is 4.99 Å². The molecule has 0 spiro atoms. The first kappa shape index (κ1) is 16.3. The van der Waals surface area contributed by atoms with Crippen molar-refractivity contribution in [3.63, 3.8) is 0 Å². The van der Waals surface area contributed by atoms with E-state index >= 15 is 0 Å². The molecule has 0 atom stereocenters. The largest absolute Gasteiger partial charge is 0.478 e. The van der Waals surface area contributed by atoms with Crippen molar-refractivity contribution in [3.8, 4) is 5.88 Å². The molecule has 0 aliphatic carbocycles. The van der Waals surface area contributed by atoms with Crippen molar-refractivity contribution in [2.45, 2.75) is 39.7 Å². The first-order valence-corrected chi connectivity index (χ1v) is 7.33. The van der Waals surface area contributed by atoms with Gasteiger partial charge in [-0.1, -0.05) is 25.8 Å². The molecule has 0 saturated heterocycles. The molecule has 5 nitrogen and oxygen atoms in total. The first-order chi connectivity index (χ1) is 9.81. The summed E-state index contributed by atoms with van der Waals surface area (Å²) < 4.78 is 5.50. The Bertz CT molecular complexity index is 407. The van der Waals surface area contributed by atoms with Crippen LogP contribution >= 0.6 is 0 Å². The standard InChI is InChI=1S/C15H26N4O/c1-4-6-7-10-18-15(16-3)19-12-13-9-8-11-17-14(13)20-5-2/h8-9,11H,4-7,10,12H2,1-3H3,(H2,16,18,19). The monoisotopic (exact) mass is 278 g/mol. The quantitative estimate of drug-likeness (QED) is 0.435. The van der Waals surface area contributed by atoms with Crippen molar-refractivity contribution in [1.29, 1.82) is 0 Å². The third-order valence-electron chi connectivity index (χ3n) is 2.87. The number of ether oxygens (including phenoxy) is 1. The molecular weight excluding hydrogens is 252 g/mol. The molecule has 0 aromatic carbocycles. The van der Waals surface area contributed by atoms with Crippen LogP contribution in [0.2, 0.25) is 0 Å². The molecule has 112 valence electrons. The zero-order chi connectivity index (χ0) is 14.6. The number of rotatable bonds is 8. The molecule has 0 aliphatic rings. The highest BCUT2D eigenvalue weighted by Crippen LogP contribution is 2.13. The molecule has 0 fully saturated rings. The van der Waals surface area contributed by atoms with Crippen LogP contribution < -0.4 is 15.4 Å². The van der Waals surface area contributed by atoms with Gasteiger partial charge in [0.1, 0.15) is 0 Å². The summed E-state index contributed by atoms with van der Waals surface area (Å²) in [6.07, 6.45) is 5.36. The molecule has 0 unspecified atom stereocenters. The average Bonchev–Trinajstić information content (AvgIpc) is 2.48. The molecule has 1 aromatic rings. The van der Waals surface area contributed by atoms with Gasteiger partial charge in [0.25, 0.3) is 0 Å². The van der Waals surface area contributed by atoms with Crippen LogP contribution in [0, 0.1) is 0 Å². The second kappa shape index (κ2) is 10.1. The topological polar surface area (TPSA) is 58.5 Å². The van der Waals surface area contributed by atoms with E-state index < -0.39 is 0 Å². The van der Waals surface area contributed by atoms with Crippen LogP contribution in [-0.4, -0.2) is 31.1 Å². The van der Waals surface area contributed by atoms with Crippen LogP contribution in [0.3, 0.4) is 0 Å². The van der Waals surface area contributed by atoms with Gasteiger partial charge in [0.2, 0.25) is 5.88 Å². The summed E-state index contributed by atoms with van der Waals surface area (Å²) in [6, 6.07) is 3.92. The Morgan fingerprint density at radius 2 is 2.15 bits per heavy atom. The highest BCUT2D eigenvalue weighted by molar-refractivity contribution is 5.79. The Balaban J connectivity index is 2.44. The van der Waals surface area contributed by atoms with Crippen molar-refractivity contribution in [3.05, 3.63) is 23.9 Å². The summed E-state index contributed by atoms with van der Waals surface area (Å²) in [5.41, 5.74) is 1.03. The number of aliphatic imine (C=N–C) groups is 1. The van der Waals surface area contributed by atoms with E-state index in [1.165, 1.54) is 12.8 Å². The molecule has 0 amide bonds. The maximum Gasteiger partial charge on any atom is 0.218 e. The highest BCUT2D eigenvalue weighted by Gasteiger charge is 2.04. The second-order valence-corrected chi connectivity index (χ2v) is 4.46. The molecule has 1 heterocycles. The van der Waals surface area contributed by atoms with Crippen LogP contribution in [0.15, 0.2) is 23.3 Å². The lowest BCUT2D eigenvalue weighted by molar-refractivity contribution is 0.322. The molecular formula is C15H26N4O. The van der Waals surface area contributed by atoms with Gasteiger partial charge in [-0.25, -0.2) is 4.98 Å². The van der Waals surface area contributed by atoms with Crippen LogP contribution in [0.5, 0.6) is 5.88 Å². The first-order valence-electron chi connectivity index (χ1n) is 7.33. The second-order valence-electron chi connectivity index (χ2n) is 4.46. The van der Waals surface area contributed by atoms with Crippen LogP contribution in [0.25, 0.3) is 0 Å². The summed E-state index contributed by atoms with van der Waals surface area (Å²) in [7, 11) is 1.78. The van der Waals surface area contributed by atoms with Gasteiger partial charge in [0, 0.05) is 31.9 Å². The van der Waals surface area contributed by atoms with Crippen LogP contribution in [0.4, 0.5) is 0 Å². The lowest BCUT2D eigenvalue weighted by Crippen LogP contribution is -2.37. The average molecular weight is 278 g/mol. The van der Waals surface area contributed by atoms with Crippen molar-refractivity contribution in [1.82, 2.24) is 15.6 Å². The number of guanidine groups is 1. The van der Waals surface area contributed by atoms with Crippen molar-refractivity contribution in [2.75, 3.05) is 20.2 Å². The van der Waals surface area contributed by atoms with Gasteiger partial charge in [0.05, 0.1) is 6.61 Å². The predicted octanol–water partition coefficient (Wildman–Crippen LogP) is 2.34. The summed E-state index contributed by atoms with van der Waals surface area (Å²) >= 11 is 0. The lowest BCUT2D eigenvalue weighted by atomic mass is 10.2. The van der Waals surface area contributed by atoms with Crippen LogP contribution in [-0.2, 0) is 6.54 Å². The third-order valence-corrected chi connectivity index (χ3v) is 2.87. The fourth-order valence-corrected chi connectivity index (χ4v) is 1.81. The summed E-state index contributed by atoms with van der Waals surface area (Å²) in [4.78, 5) is 8.45. The van der Waals surface area contributed by atoms with Gasteiger partial charge < -0.3 is 15.4 Å². The number of aromatic nitrogens is 1. The zero-order valence-electron chi connectivity index (χ0n) is 12.8. The van der Waals surface area contributed by atoms with E-state index in [1.54, 1.807) is 13.2 Å². The number of nitrogens with one attached hydrogen (secondary N) is 2. The summed E-state index contributed by atoms with van der Waals surface area (Å²) in [6.45, 7) is 6.37. The van der Waals surface area contributed by atoms with E-state index in [-0.39, 0.29) is 0 Å². The number of hydrogen-bond donors (Lipinski definition) is 2. The van der Waals surface area contributed by atoms with E-state index in [0.717, 1.165) is 24.5 Å². The minimum Gasteiger partial charge on any atom is -0.478 e. The van der Waals surface area contributed by atoms with Gasteiger partial charge >= 0.3 is 0 Å². The number of pyridine rings is 1.